The molecule has 0 aliphatic heterocycles. The van der Waals surface area contributed by atoms with Gasteiger partial charge in [-0.1, -0.05) is 24.5 Å². The van der Waals surface area contributed by atoms with Crippen LogP contribution in [0.2, 0.25) is 0 Å². The van der Waals surface area contributed by atoms with Crippen molar-refractivity contribution in [1.29, 1.82) is 0 Å². The fraction of sp³-hybridized carbons (Fsp3) is 0.750. The fourth-order valence-corrected chi connectivity index (χ4v) is 3.22. The molecule has 2 unspecified atom stereocenters. The van der Waals surface area contributed by atoms with Gasteiger partial charge < -0.3 is 5.11 Å². The van der Waals surface area contributed by atoms with Crippen molar-refractivity contribution in [2.75, 3.05) is 0 Å². The van der Waals surface area contributed by atoms with Crippen LogP contribution in [-0.2, 0) is 4.79 Å². The molecule has 2 heteroatoms. The lowest BCUT2D eigenvalue weighted by molar-refractivity contribution is -0.139. The molecular formula is C12H18O2. The topological polar surface area (TPSA) is 37.3 Å². The summed E-state index contributed by atoms with van der Waals surface area (Å²) in [5, 5.41) is 9.13. The van der Waals surface area contributed by atoms with Gasteiger partial charge in [0, 0.05) is 0 Å². The zero-order valence-corrected chi connectivity index (χ0v) is 8.92. The predicted octanol–water partition coefficient (Wildman–Crippen LogP) is 2.84. The minimum atomic E-state index is -0.589. The zero-order valence-electron chi connectivity index (χ0n) is 8.92. The Hall–Kier alpha value is -0.790. The van der Waals surface area contributed by atoms with E-state index in [2.05, 4.69) is 19.9 Å². The third-order valence-corrected chi connectivity index (χ3v) is 3.85. The van der Waals surface area contributed by atoms with Crippen LogP contribution in [0.25, 0.3) is 0 Å². The van der Waals surface area contributed by atoms with Gasteiger partial charge in [0.05, 0.1) is 5.92 Å². The number of rotatable bonds is 2. The van der Waals surface area contributed by atoms with Gasteiger partial charge in [0.1, 0.15) is 0 Å². The van der Waals surface area contributed by atoms with E-state index in [0.29, 0.717) is 5.92 Å². The van der Waals surface area contributed by atoms with Gasteiger partial charge in [-0.3, -0.25) is 4.79 Å². The maximum absolute atomic E-state index is 11.1. The fourth-order valence-electron chi connectivity index (χ4n) is 3.22. The SMILES string of the molecule is CC(C)=CC1C(C(=O)O)C12CCCC2. The van der Waals surface area contributed by atoms with Crippen LogP contribution in [0.3, 0.4) is 0 Å². The van der Waals surface area contributed by atoms with Crippen LogP contribution in [0.5, 0.6) is 0 Å². The van der Waals surface area contributed by atoms with E-state index in [0.717, 1.165) is 12.8 Å². The molecule has 1 N–H and O–H groups in total. The summed E-state index contributed by atoms with van der Waals surface area (Å²) in [5.74, 6) is -0.346. The highest BCUT2D eigenvalue weighted by atomic mass is 16.4. The van der Waals surface area contributed by atoms with Crippen LogP contribution in [0.1, 0.15) is 39.5 Å². The molecule has 2 aliphatic rings. The van der Waals surface area contributed by atoms with E-state index >= 15 is 0 Å². The normalized spacial score (nSPS) is 33.0. The van der Waals surface area contributed by atoms with Crippen LogP contribution in [0, 0.1) is 17.3 Å². The van der Waals surface area contributed by atoms with Crippen molar-refractivity contribution < 1.29 is 9.90 Å². The Kier molecular flexibility index (Phi) is 2.17. The molecule has 1 spiro atoms. The molecule has 2 aliphatic carbocycles. The first-order valence-electron chi connectivity index (χ1n) is 5.46. The van der Waals surface area contributed by atoms with Crippen LogP contribution in [-0.4, -0.2) is 11.1 Å². The van der Waals surface area contributed by atoms with Crippen molar-refractivity contribution >= 4 is 5.97 Å². The number of allylic oxidation sites excluding steroid dienone is 2. The molecule has 0 bridgehead atoms. The lowest BCUT2D eigenvalue weighted by Gasteiger charge is -2.05. The molecule has 0 saturated heterocycles. The molecule has 0 aromatic carbocycles. The summed E-state index contributed by atoms with van der Waals surface area (Å²) < 4.78 is 0. The van der Waals surface area contributed by atoms with Gasteiger partial charge in [0.25, 0.3) is 0 Å². The van der Waals surface area contributed by atoms with E-state index in [4.69, 9.17) is 5.11 Å². The molecule has 14 heavy (non-hydrogen) atoms. The molecule has 78 valence electrons. The van der Waals surface area contributed by atoms with Gasteiger partial charge in [0.2, 0.25) is 0 Å². The Labute approximate surface area is 85.0 Å². The third-order valence-electron chi connectivity index (χ3n) is 3.85. The minimum Gasteiger partial charge on any atom is -0.481 e. The Morgan fingerprint density at radius 2 is 1.93 bits per heavy atom. The molecule has 2 fully saturated rings. The molecule has 2 saturated carbocycles. The molecule has 0 amide bonds. The van der Waals surface area contributed by atoms with Crippen molar-refractivity contribution in [3.63, 3.8) is 0 Å². The van der Waals surface area contributed by atoms with E-state index in [1.54, 1.807) is 0 Å². The summed E-state index contributed by atoms with van der Waals surface area (Å²) in [7, 11) is 0. The van der Waals surface area contributed by atoms with Gasteiger partial charge in [-0.25, -0.2) is 0 Å². The van der Waals surface area contributed by atoms with Gasteiger partial charge in [-0.05, 0) is 38.0 Å². The summed E-state index contributed by atoms with van der Waals surface area (Å²) in [5.41, 5.74) is 1.41. The van der Waals surface area contributed by atoms with Crippen LogP contribution >= 0.6 is 0 Å². The maximum Gasteiger partial charge on any atom is 0.307 e. The molecule has 2 nitrogen and oxygen atoms in total. The molecule has 2 atom stereocenters. The average molecular weight is 194 g/mol. The standard InChI is InChI=1S/C12H18O2/c1-8(2)7-9-10(11(13)14)12(9)5-3-4-6-12/h7,9-10H,3-6H2,1-2H3,(H,13,14). The van der Waals surface area contributed by atoms with E-state index in [1.165, 1.54) is 18.4 Å². The molecule has 0 aromatic heterocycles. The largest absolute Gasteiger partial charge is 0.481 e. The Balaban J connectivity index is 2.18. The minimum absolute atomic E-state index is 0.0834. The van der Waals surface area contributed by atoms with E-state index in [-0.39, 0.29) is 11.3 Å². The van der Waals surface area contributed by atoms with Crippen molar-refractivity contribution in [3.05, 3.63) is 11.6 Å². The van der Waals surface area contributed by atoms with Gasteiger partial charge >= 0.3 is 5.97 Å². The highest BCUT2D eigenvalue weighted by Crippen LogP contribution is 2.68. The summed E-state index contributed by atoms with van der Waals surface area (Å²) >= 11 is 0. The van der Waals surface area contributed by atoms with Crippen molar-refractivity contribution in [2.24, 2.45) is 17.3 Å². The third kappa shape index (κ3) is 1.28. The number of hydrogen-bond acceptors (Lipinski definition) is 1. The first-order chi connectivity index (χ1) is 6.58. The highest BCUT2D eigenvalue weighted by molar-refractivity contribution is 5.76. The van der Waals surface area contributed by atoms with E-state index < -0.39 is 5.97 Å². The van der Waals surface area contributed by atoms with Gasteiger partial charge in [-0.2, -0.15) is 0 Å². The zero-order chi connectivity index (χ0) is 10.3. The molecule has 0 radical (unpaired) electrons. The van der Waals surface area contributed by atoms with Crippen LogP contribution < -0.4 is 0 Å². The van der Waals surface area contributed by atoms with Crippen molar-refractivity contribution in [3.8, 4) is 0 Å². The lowest BCUT2D eigenvalue weighted by atomic mass is 9.99. The highest BCUT2D eigenvalue weighted by Gasteiger charge is 2.67. The summed E-state index contributed by atoms with van der Waals surface area (Å²) in [6, 6.07) is 0. The van der Waals surface area contributed by atoms with Crippen LogP contribution in [0.15, 0.2) is 11.6 Å². The molecular weight excluding hydrogens is 176 g/mol. The van der Waals surface area contributed by atoms with E-state index in [1.807, 2.05) is 0 Å². The number of carboxylic acids is 1. The first-order valence-corrected chi connectivity index (χ1v) is 5.46. The predicted molar refractivity (Wildman–Crippen MR) is 54.9 cm³/mol. The molecule has 2 rings (SSSR count). The number of aliphatic carboxylic acids is 1. The second-order valence-corrected chi connectivity index (χ2v) is 5.03. The average Bonchev–Trinajstić information content (AvgIpc) is 2.48. The Morgan fingerprint density at radius 3 is 2.36 bits per heavy atom. The van der Waals surface area contributed by atoms with Gasteiger partial charge in [0.15, 0.2) is 0 Å². The summed E-state index contributed by atoms with van der Waals surface area (Å²) in [6.45, 7) is 4.11. The second kappa shape index (κ2) is 3.11. The molecule has 0 heterocycles. The Morgan fingerprint density at radius 1 is 1.36 bits per heavy atom. The maximum atomic E-state index is 11.1. The number of hydrogen-bond donors (Lipinski definition) is 1. The first kappa shape index (κ1) is 9.75. The summed E-state index contributed by atoms with van der Waals surface area (Å²) in [4.78, 5) is 11.1. The lowest BCUT2D eigenvalue weighted by Crippen LogP contribution is -2.06. The second-order valence-electron chi connectivity index (χ2n) is 5.03. The smallest absolute Gasteiger partial charge is 0.307 e. The van der Waals surface area contributed by atoms with Crippen molar-refractivity contribution in [1.82, 2.24) is 0 Å². The van der Waals surface area contributed by atoms with Crippen molar-refractivity contribution in [2.45, 2.75) is 39.5 Å². The van der Waals surface area contributed by atoms with Crippen LogP contribution in [0.4, 0.5) is 0 Å². The number of carboxylic acid groups (broad SMARTS) is 1. The Bertz CT molecular complexity index is 281. The number of carbonyl (C=O) groups is 1. The monoisotopic (exact) mass is 194 g/mol. The van der Waals surface area contributed by atoms with E-state index in [9.17, 15) is 4.79 Å². The molecule has 0 aromatic rings. The quantitative estimate of drug-likeness (QED) is 0.686. The van der Waals surface area contributed by atoms with Gasteiger partial charge in [-0.15, -0.1) is 0 Å². The summed E-state index contributed by atoms with van der Waals surface area (Å²) in [6.07, 6.45) is 6.86.